The average molecular weight is 381 g/mol. The largest absolute Gasteiger partial charge is 0.497 e. The van der Waals surface area contributed by atoms with Gasteiger partial charge in [-0.05, 0) is 42.0 Å². The molecule has 0 fully saturated rings. The van der Waals surface area contributed by atoms with Gasteiger partial charge in [0.15, 0.2) is 17.3 Å². The summed E-state index contributed by atoms with van der Waals surface area (Å²) in [5.74, 6) is 3.10. The lowest BCUT2D eigenvalue weighted by molar-refractivity contribution is 0.174. The number of methoxy groups -OCH3 is 1. The van der Waals surface area contributed by atoms with E-state index in [0.29, 0.717) is 6.42 Å². The normalized spacial score (nSPS) is 12.5. The van der Waals surface area contributed by atoms with Crippen molar-refractivity contribution in [1.29, 1.82) is 0 Å². The van der Waals surface area contributed by atoms with Crippen LogP contribution in [0.5, 0.6) is 17.2 Å². The molecule has 0 radical (unpaired) electrons. The second-order valence-corrected chi connectivity index (χ2v) is 6.89. The van der Waals surface area contributed by atoms with Crippen LogP contribution in [0, 0.1) is 0 Å². The summed E-state index contributed by atoms with van der Waals surface area (Å²) in [6.45, 7) is 0.264. The SMILES string of the molecule is COc1ccc(Nc2nn3c(Cc4ccc5c(c4)OCO5)nnc3s2)cc1. The highest BCUT2D eigenvalue weighted by Crippen LogP contribution is 2.33. The van der Waals surface area contributed by atoms with Gasteiger partial charge < -0.3 is 19.5 Å². The molecule has 1 aliphatic heterocycles. The topological polar surface area (TPSA) is 82.8 Å². The Labute approximate surface area is 158 Å². The second kappa shape index (κ2) is 6.44. The first-order chi connectivity index (χ1) is 13.3. The van der Waals surface area contributed by atoms with Crippen molar-refractivity contribution in [2.24, 2.45) is 0 Å². The van der Waals surface area contributed by atoms with Crippen LogP contribution in [0.3, 0.4) is 0 Å². The summed E-state index contributed by atoms with van der Waals surface area (Å²) >= 11 is 1.44. The van der Waals surface area contributed by atoms with Crippen LogP contribution >= 0.6 is 11.3 Å². The van der Waals surface area contributed by atoms with Gasteiger partial charge in [-0.15, -0.1) is 15.3 Å². The number of aromatic nitrogens is 4. The predicted molar refractivity (Wildman–Crippen MR) is 100 cm³/mol. The minimum atomic E-state index is 0.264. The van der Waals surface area contributed by atoms with Crippen molar-refractivity contribution in [2.45, 2.75) is 6.42 Å². The van der Waals surface area contributed by atoms with Crippen molar-refractivity contribution < 1.29 is 14.2 Å². The first-order valence-corrected chi connectivity index (χ1v) is 9.11. The molecule has 3 heterocycles. The highest BCUT2D eigenvalue weighted by atomic mass is 32.1. The van der Waals surface area contributed by atoms with Crippen LogP contribution in [0.25, 0.3) is 4.96 Å². The van der Waals surface area contributed by atoms with Gasteiger partial charge in [-0.25, -0.2) is 0 Å². The molecule has 2 aromatic heterocycles. The van der Waals surface area contributed by atoms with Gasteiger partial charge in [0.25, 0.3) is 0 Å². The van der Waals surface area contributed by atoms with Gasteiger partial charge in [-0.1, -0.05) is 17.4 Å². The fourth-order valence-electron chi connectivity index (χ4n) is 2.85. The Morgan fingerprint density at radius 1 is 1.11 bits per heavy atom. The summed E-state index contributed by atoms with van der Waals surface area (Å²) in [5.41, 5.74) is 1.99. The summed E-state index contributed by atoms with van der Waals surface area (Å²) in [6, 6.07) is 13.5. The maximum atomic E-state index is 5.44. The number of ether oxygens (including phenoxy) is 3. The lowest BCUT2D eigenvalue weighted by Crippen LogP contribution is -1.99. The van der Waals surface area contributed by atoms with Gasteiger partial charge in [-0.2, -0.15) is 4.52 Å². The van der Waals surface area contributed by atoms with Crippen LogP contribution in [0.4, 0.5) is 10.8 Å². The van der Waals surface area contributed by atoms with Gasteiger partial charge >= 0.3 is 0 Å². The zero-order valence-electron chi connectivity index (χ0n) is 14.4. The summed E-state index contributed by atoms with van der Waals surface area (Å²) in [4.78, 5) is 0.738. The molecule has 0 unspecified atom stereocenters. The summed E-state index contributed by atoms with van der Waals surface area (Å²) in [6.07, 6.45) is 0.601. The van der Waals surface area contributed by atoms with E-state index in [1.54, 1.807) is 11.6 Å². The molecule has 4 aromatic rings. The van der Waals surface area contributed by atoms with Crippen molar-refractivity contribution in [1.82, 2.24) is 19.8 Å². The standard InChI is InChI=1S/C18H15N5O3S/c1-24-13-5-3-12(4-6-13)19-17-22-23-16(20-21-18(23)27-17)9-11-2-7-14-15(8-11)26-10-25-14/h2-8H,9-10H2,1H3,(H,19,22). The smallest absolute Gasteiger partial charge is 0.236 e. The van der Waals surface area contributed by atoms with E-state index in [9.17, 15) is 0 Å². The highest BCUT2D eigenvalue weighted by Gasteiger charge is 2.16. The number of hydrogen-bond donors (Lipinski definition) is 1. The van der Waals surface area contributed by atoms with Crippen molar-refractivity contribution in [3.05, 3.63) is 53.9 Å². The van der Waals surface area contributed by atoms with Crippen LogP contribution in [-0.4, -0.2) is 33.7 Å². The maximum absolute atomic E-state index is 5.44. The van der Waals surface area contributed by atoms with Gasteiger partial charge in [0, 0.05) is 12.1 Å². The monoisotopic (exact) mass is 381 g/mol. The predicted octanol–water partition coefficient (Wildman–Crippen LogP) is 3.26. The molecular weight excluding hydrogens is 366 g/mol. The Bertz CT molecular complexity index is 1110. The first-order valence-electron chi connectivity index (χ1n) is 8.29. The molecule has 9 heteroatoms. The molecule has 5 rings (SSSR count). The molecule has 0 aliphatic carbocycles. The molecule has 8 nitrogen and oxygen atoms in total. The van der Waals surface area contributed by atoms with E-state index in [1.165, 1.54) is 11.3 Å². The Hall–Kier alpha value is -3.33. The first kappa shape index (κ1) is 15.9. The van der Waals surface area contributed by atoms with Gasteiger partial charge in [0.2, 0.25) is 16.9 Å². The van der Waals surface area contributed by atoms with Crippen LogP contribution in [0.2, 0.25) is 0 Å². The average Bonchev–Trinajstić information content (AvgIpc) is 3.39. The Kier molecular flexibility index (Phi) is 3.79. The van der Waals surface area contributed by atoms with E-state index in [-0.39, 0.29) is 6.79 Å². The van der Waals surface area contributed by atoms with Crippen LogP contribution in [-0.2, 0) is 6.42 Å². The molecule has 2 aromatic carbocycles. The van der Waals surface area contributed by atoms with E-state index in [2.05, 4.69) is 20.6 Å². The fraction of sp³-hybridized carbons (Fsp3) is 0.167. The van der Waals surface area contributed by atoms with Gasteiger partial charge in [0.1, 0.15) is 5.75 Å². The number of nitrogens with zero attached hydrogens (tertiary/aromatic N) is 4. The maximum Gasteiger partial charge on any atom is 0.236 e. The van der Waals surface area contributed by atoms with E-state index in [0.717, 1.165) is 44.4 Å². The third kappa shape index (κ3) is 3.02. The fourth-order valence-corrected chi connectivity index (χ4v) is 3.63. The zero-order valence-corrected chi connectivity index (χ0v) is 15.2. The van der Waals surface area contributed by atoms with Gasteiger partial charge in [0.05, 0.1) is 7.11 Å². The number of fused-ring (bicyclic) bond motifs is 2. The highest BCUT2D eigenvalue weighted by molar-refractivity contribution is 7.20. The molecule has 0 saturated heterocycles. The molecule has 1 aliphatic rings. The number of nitrogens with one attached hydrogen (secondary N) is 1. The Morgan fingerprint density at radius 2 is 1.96 bits per heavy atom. The molecule has 136 valence electrons. The van der Waals surface area contributed by atoms with Gasteiger partial charge in [-0.3, -0.25) is 0 Å². The second-order valence-electron chi connectivity index (χ2n) is 5.94. The van der Waals surface area contributed by atoms with E-state index < -0.39 is 0 Å². The van der Waals surface area contributed by atoms with Crippen molar-refractivity contribution >= 4 is 27.1 Å². The van der Waals surface area contributed by atoms with Crippen molar-refractivity contribution in [3.8, 4) is 17.2 Å². The molecule has 0 saturated carbocycles. The number of benzene rings is 2. The van der Waals surface area contributed by atoms with Crippen LogP contribution in [0.15, 0.2) is 42.5 Å². The van der Waals surface area contributed by atoms with Crippen LogP contribution < -0.4 is 19.5 Å². The van der Waals surface area contributed by atoms with E-state index >= 15 is 0 Å². The molecule has 0 atom stereocenters. The quantitative estimate of drug-likeness (QED) is 0.568. The van der Waals surface area contributed by atoms with Crippen molar-refractivity contribution in [3.63, 3.8) is 0 Å². The lowest BCUT2D eigenvalue weighted by atomic mass is 10.1. The summed E-state index contributed by atoms with van der Waals surface area (Å²) in [5, 5.41) is 17.1. The van der Waals surface area contributed by atoms with E-state index in [4.69, 9.17) is 14.2 Å². The number of hydrogen-bond acceptors (Lipinski definition) is 8. The molecule has 0 bridgehead atoms. The molecule has 0 amide bonds. The van der Waals surface area contributed by atoms with E-state index in [1.807, 2.05) is 42.5 Å². The van der Waals surface area contributed by atoms with Crippen LogP contribution in [0.1, 0.15) is 11.4 Å². The third-order valence-corrected chi connectivity index (χ3v) is 5.01. The molecule has 1 N–H and O–H groups in total. The number of rotatable bonds is 5. The summed E-state index contributed by atoms with van der Waals surface area (Å²) in [7, 11) is 1.65. The molecule has 0 spiro atoms. The Balaban J connectivity index is 1.38. The third-order valence-electron chi connectivity index (χ3n) is 4.20. The summed E-state index contributed by atoms with van der Waals surface area (Å²) < 4.78 is 17.7. The lowest BCUT2D eigenvalue weighted by Gasteiger charge is -2.03. The molecular formula is C18H15N5O3S. The number of anilines is 2. The van der Waals surface area contributed by atoms with Crippen molar-refractivity contribution in [2.75, 3.05) is 19.2 Å². The minimum Gasteiger partial charge on any atom is -0.497 e. The molecule has 27 heavy (non-hydrogen) atoms. The Morgan fingerprint density at radius 3 is 2.81 bits per heavy atom. The zero-order chi connectivity index (χ0) is 18.2. The minimum absolute atomic E-state index is 0.264.